The van der Waals surface area contributed by atoms with Crippen molar-refractivity contribution in [1.29, 1.82) is 0 Å². The number of nitrogens with two attached hydrogens (primary N) is 1. The molecule has 0 saturated heterocycles. The minimum atomic E-state index is -3.00. The number of hydrogen-bond acceptors (Lipinski definition) is 1. The topological polar surface area (TPSA) is 41.8 Å². The maximum absolute atomic E-state index is 13.5. The van der Waals surface area contributed by atoms with E-state index in [9.17, 15) is 13.2 Å². The highest BCUT2D eigenvalue weighted by Crippen LogP contribution is 2.26. The molecule has 0 saturated carbocycles. The van der Waals surface area contributed by atoms with Crippen LogP contribution < -0.4 is 5.73 Å². The molecule has 0 amide bonds. The molecule has 86 valence electrons. The average molecular weight is 228 g/mol. The van der Waals surface area contributed by atoms with Gasteiger partial charge < -0.3 is 10.7 Å². The van der Waals surface area contributed by atoms with E-state index in [0.717, 1.165) is 0 Å². The van der Waals surface area contributed by atoms with Crippen molar-refractivity contribution in [3.63, 3.8) is 0 Å². The minimum Gasteiger partial charge on any atom is -0.361 e. The Morgan fingerprint density at radius 2 is 2.06 bits per heavy atom. The molecule has 2 aromatic rings. The number of nitrogens with one attached hydrogen (secondary N) is 1. The first-order valence-electron chi connectivity index (χ1n) is 4.86. The highest BCUT2D eigenvalue weighted by atomic mass is 19.3. The molecule has 0 spiro atoms. The molecule has 0 bridgehead atoms. The third-order valence-electron chi connectivity index (χ3n) is 2.48. The number of aromatic amines is 1. The van der Waals surface area contributed by atoms with Crippen LogP contribution in [0.3, 0.4) is 0 Å². The van der Waals surface area contributed by atoms with Gasteiger partial charge in [0.2, 0.25) is 0 Å². The molecule has 0 fully saturated rings. The van der Waals surface area contributed by atoms with Gasteiger partial charge in [0, 0.05) is 23.5 Å². The van der Waals surface area contributed by atoms with Crippen molar-refractivity contribution in [2.75, 3.05) is 6.54 Å². The predicted molar refractivity (Wildman–Crippen MR) is 56.0 cm³/mol. The van der Waals surface area contributed by atoms with Gasteiger partial charge in [-0.25, -0.2) is 13.2 Å². The number of aromatic nitrogens is 1. The lowest BCUT2D eigenvalue weighted by Crippen LogP contribution is -2.30. The van der Waals surface area contributed by atoms with Crippen LogP contribution in [-0.4, -0.2) is 17.5 Å². The highest BCUT2D eigenvalue weighted by molar-refractivity contribution is 5.83. The van der Waals surface area contributed by atoms with Crippen molar-refractivity contribution in [3.05, 3.63) is 35.8 Å². The monoisotopic (exact) mass is 228 g/mol. The van der Waals surface area contributed by atoms with E-state index in [1.807, 2.05) is 0 Å². The Balaban J connectivity index is 2.46. The number of alkyl halides is 2. The van der Waals surface area contributed by atoms with Gasteiger partial charge in [-0.15, -0.1) is 0 Å². The van der Waals surface area contributed by atoms with Crippen LogP contribution in [0.1, 0.15) is 5.56 Å². The van der Waals surface area contributed by atoms with Gasteiger partial charge in [0.05, 0.1) is 6.54 Å². The van der Waals surface area contributed by atoms with E-state index in [4.69, 9.17) is 5.73 Å². The van der Waals surface area contributed by atoms with Gasteiger partial charge in [-0.3, -0.25) is 0 Å². The summed E-state index contributed by atoms with van der Waals surface area (Å²) in [6.07, 6.45) is 0.849. The minimum absolute atomic E-state index is 0.218. The standard InChI is InChI=1S/C11H11F3N2/c12-8-2-1-3-9-10(8)7(5-16-9)4-11(13,14)6-15/h1-3,5,16H,4,6,15H2. The van der Waals surface area contributed by atoms with Gasteiger partial charge in [-0.2, -0.15) is 0 Å². The summed E-state index contributed by atoms with van der Waals surface area (Å²) in [6, 6.07) is 4.42. The normalized spacial score (nSPS) is 12.2. The molecule has 0 aliphatic carbocycles. The van der Waals surface area contributed by atoms with Gasteiger partial charge in [-0.1, -0.05) is 6.07 Å². The molecule has 0 aliphatic rings. The smallest absolute Gasteiger partial charge is 0.264 e. The lowest BCUT2D eigenvalue weighted by Gasteiger charge is -2.12. The Kier molecular flexibility index (Phi) is 2.63. The molecule has 0 unspecified atom stereocenters. The van der Waals surface area contributed by atoms with E-state index < -0.39 is 24.7 Å². The zero-order valence-electron chi connectivity index (χ0n) is 8.43. The van der Waals surface area contributed by atoms with Crippen molar-refractivity contribution in [1.82, 2.24) is 4.98 Å². The van der Waals surface area contributed by atoms with Crippen molar-refractivity contribution >= 4 is 10.9 Å². The number of halogens is 3. The van der Waals surface area contributed by atoms with Crippen LogP contribution in [0.5, 0.6) is 0 Å². The van der Waals surface area contributed by atoms with E-state index >= 15 is 0 Å². The first-order chi connectivity index (χ1) is 7.53. The molecule has 5 heteroatoms. The van der Waals surface area contributed by atoms with Crippen molar-refractivity contribution < 1.29 is 13.2 Å². The first-order valence-corrected chi connectivity index (χ1v) is 4.86. The Bertz CT molecular complexity index is 505. The average Bonchev–Trinajstić information content (AvgIpc) is 2.62. The molecule has 3 N–H and O–H groups in total. The SMILES string of the molecule is NCC(F)(F)Cc1c[nH]c2cccc(F)c12. The van der Waals surface area contributed by atoms with Crippen LogP contribution in [0.15, 0.2) is 24.4 Å². The fourth-order valence-electron chi connectivity index (χ4n) is 1.70. The van der Waals surface area contributed by atoms with E-state index in [0.29, 0.717) is 5.52 Å². The first kappa shape index (κ1) is 11.0. The summed E-state index contributed by atoms with van der Waals surface area (Å²) >= 11 is 0. The second-order valence-electron chi connectivity index (χ2n) is 3.71. The Morgan fingerprint density at radius 1 is 1.31 bits per heavy atom. The lowest BCUT2D eigenvalue weighted by molar-refractivity contribution is 0.0118. The molecule has 1 aromatic heterocycles. The zero-order chi connectivity index (χ0) is 11.8. The molecule has 0 aliphatic heterocycles. The molecular weight excluding hydrogens is 217 g/mol. The number of H-pyrrole nitrogens is 1. The quantitative estimate of drug-likeness (QED) is 0.832. The van der Waals surface area contributed by atoms with Crippen LogP contribution in [0, 0.1) is 5.82 Å². The molecule has 1 heterocycles. The molecule has 0 radical (unpaired) electrons. The highest BCUT2D eigenvalue weighted by Gasteiger charge is 2.28. The van der Waals surface area contributed by atoms with Crippen LogP contribution in [0.25, 0.3) is 10.9 Å². The molecule has 2 rings (SSSR count). The Morgan fingerprint density at radius 3 is 2.75 bits per heavy atom. The number of rotatable bonds is 3. The molecule has 2 nitrogen and oxygen atoms in total. The van der Waals surface area contributed by atoms with E-state index in [-0.39, 0.29) is 10.9 Å². The Labute approximate surface area is 90.3 Å². The fourth-order valence-corrected chi connectivity index (χ4v) is 1.70. The van der Waals surface area contributed by atoms with Gasteiger partial charge in [0.15, 0.2) is 0 Å². The van der Waals surface area contributed by atoms with Crippen molar-refractivity contribution in [2.45, 2.75) is 12.3 Å². The number of hydrogen-bond donors (Lipinski definition) is 2. The summed E-state index contributed by atoms with van der Waals surface area (Å²) in [4.78, 5) is 2.76. The maximum Gasteiger partial charge on any atom is 0.264 e. The van der Waals surface area contributed by atoms with Crippen LogP contribution in [0.2, 0.25) is 0 Å². The van der Waals surface area contributed by atoms with Crippen LogP contribution >= 0.6 is 0 Å². The fraction of sp³-hybridized carbons (Fsp3) is 0.273. The summed E-state index contributed by atoms with van der Waals surface area (Å²) in [5, 5.41) is 0.218. The van der Waals surface area contributed by atoms with Gasteiger partial charge in [0.1, 0.15) is 5.82 Å². The van der Waals surface area contributed by atoms with Crippen LogP contribution in [0.4, 0.5) is 13.2 Å². The van der Waals surface area contributed by atoms with E-state index in [2.05, 4.69) is 4.98 Å². The van der Waals surface area contributed by atoms with Crippen molar-refractivity contribution in [3.8, 4) is 0 Å². The molecular formula is C11H11F3N2. The summed E-state index contributed by atoms with van der Waals surface area (Å²) < 4.78 is 39.7. The number of fused-ring (bicyclic) bond motifs is 1. The lowest BCUT2D eigenvalue weighted by atomic mass is 10.1. The summed E-state index contributed by atoms with van der Waals surface area (Å²) in [5.74, 6) is -3.50. The maximum atomic E-state index is 13.5. The largest absolute Gasteiger partial charge is 0.361 e. The van der Waals surface area contributed by atoms with E-state index in [1.165, 1.54) is 18.3 Å². The molecule has 1 aromatic carbocycles. The van der Waals surface area contributed by atoms with Gasteiger partial charge in [-0.05, 0) is 17.7 Å². The van der Waals surface area contributed by atoms with E-state index in [1.54, 1.807) is 6.07 Å². The number of benzene rings is 1. The zero-order valence-corrected chi connectivity index (χ0v) is 8.43. The van der Waals surface area contributed by atoms with Gasteiger partial charge in [0.25, 0.3) is 5.92 Å². The van der Waals surface area contributed by atoms with Crippen molar-refractivity contribution in [2.24, 2.45) is 5.73 Å². The van der Waals surface area contributed by atoms with Gasteiger partial charge >= 0.3 is 0 Å². The second-order valence-corrected chi connectivity index (χ2v) is 3.71. The summed E-state index contributed by atoms with van der Waals surface area (Å²) in [6.45, 7) is -0.742. The summed E-state index contributed by atoms with van der Waals surface area (Å²) in [5.41, 5.74) is 5.72. The molecule has 16 heavy (non-hydrogen) atoms. The third-order valence-corrected chi connectivity index (χ3v) is 2.48. The van der Waals surface area contributed by atoms with Crippen LogP contribution in [-0.2, 0) is 6.42 Å². The Hall–Kier alpha value is -1.49. The predicted octanol–water partition coefficient (Wildman–Crippen LogP) is 2.44. The second kappa shape index (κ2) is 3.83. The summed E-state index contributed by atoms with van der Waals surface area (Å²) in [7, 11) is 0. The third kappa shape index (κ3) is 1.90. The molecule has 0 atom stereocenters.